The number of hydrogen-bond acceptors (Lipinski definition) is 9. The second-order valence-electron chi connectivity index (χ2n) is 13.4. The fourth-order valence-electron chi connectivity index (χ4n) is 7.79. The molecule has 4 aliphatic heterocycles. The summed E-state index contributed by atoms with van der Waals surface area (Å²) in [5.41, 5.74) is 4.09. The molecule has 44 heavy (non-hydrogen) atoms. The molecule has 4 saturated heterocycles. The number of H-pyrrole nitrogens is 1. The maximum Gasteiger partial charge on any atom is 0.245 e. The van der Waals surface area contributed by atoms with Crippen molar-refractivity contribution in [3.05, 3.63) is 42.1 Å². The molecule has 3 aromatic rings. The molecule has 4 aliphatic rings. The zero-order valence-electron chi connectivity index (χ0n) is 26.1. The molecular weight excluding hydrogens is 552 g/mol. The number of carbonyl (C=O) groups is 1. The van der Waals surface area contributed by atoms with Gasteiger partial charge in [-0.1, -0.05) is 12.6 Å². The average Bonchev–Trinajstić information content (AvgIpc) is 3.69. The van der Waals surface area contributed by atoms with Gasteiger partial charge < -0.3 is 19.6 Å². The highest BCUT2D eigenvalue weighted by Crippen LogP contribution is 2.44. The van der Waals surface area contributed by atoms with Crippen molar-refractivity contribution in [2.24, 2.45) is 5.41 Å². The number of piperidine rings is 1. The van der Waals surface area contributed by atoms with Crippen LogP contribution in [0.3, 0.4) is 0 Å². The van der Waals surface area contributed by atoms with Gasteiger partial charge in [0.15, 0.2) is 5.82 Å². The molecule has 1 atom stereocenters. The SMILES string of the molecule is C=CC(=O)N1CC2(CCN(c3nc(N4CCC(N5CCN(C)[C@H](C)C5)CC4)nc(-c4c(C)ccc5[nH]ncc45)c3C#N)C2)C1. The van der Waals surface area contributed by atoms with Crippen LogP contribution in [0, 0.1) is 23.7 Å². The van der Waals surface area contributed by atoms with E-state index in [1.165, 1.54) is 6.08 Å². The number of benzene rings is 1. The summed E-state index contributed by atoms with van der Waals surface area (Å²) in [6.45, 7) is 16.1. The predicted molar refractivity (Wildman–Crippen MR) is 172 cm³/mol. The van der Waals surface area contributed by atoms with Crippen LogP contribution in [-0.2, 0) is 4.79 Å². The van der Waals surface area contributed by atoms with Gasteiger partial charge in [-0.2, -0.15) is 15.3 Å². The second-order valence-corrected chi connectivity index (χ2v) is 13.4. The monoisotopic (exact) mass is 594 g/mol. The van der Waals surface area contributed by atoms with Gasteiger partial charge in [0.25, 0.3) is 0 Å². The van der Waals surface area contributed by atoms with Crippen LogP contribution in [0.2, 0.25) is 0 Å². The maximum absolute atomic E-state index is 12.2. The van der Waals surface area contributed by atoms with Crippen LogP contribution in [0.15, 0.2) is 31.0 Å². The fraction of sp³-hybridized carbons (Fsp3) is 0.545. The van der Waals surface area contributed by atoms with Crippen molar-refractivity contribution in [1.29, 1.82) is 5.26 Å². The van der Waals surface area contributed by atoms with E-state index in [4.69, 9.17) is 9.97 Å². The third-order valence-electron chi connectivity index (χ3n) is 10.6. The number of carbonyl (C=O) groups excluding carboxylic acids is 1. The van der Waals surface area contributed by atoms with E-state index in [2.05, 4.69) is 69.4 Å². The lowest BCUT2D eigenvalue weighted by Crippen LogP contribution is -2.59. The number of nitriles is 1. The molecule has 1 N–H and O–H groups in total. The van der Waals surface area contributed by atoms with E-state index in [0.29, 0.717) is 48.2 Å². The highest BCUT2D eigenvalue weighted by molar-refractivity contribution is 5.97. The van der Waals surface area contributed by atoms with Crippen LogP contribution in [0.25, 0.3) is 22.2 Å². The van der Waals surface area contributed by atoms with Crippen LogP contribution in [0.1, 0.15) is 37.3 Å². The Kier molecular flexibility index (Phi) is 7.29. The summed E-state index contributed by atoms with van der Waals surface area (Å²) in [7, 11) is 2.22. The van der Waals surface area contributed by atoms with Gasteiger partial charge >= 0.3 is 0 Å². The van der Waals surface area contributed by atoms with Crippen molar-refractivity contribution in [2.45, 2.75) is 45.2 Å². The maximum atomic E-state index is 12.2. The van der Waals surface area contributed by atoms with Gasteiger partial charge in [0, 0.05) is 87.4 Å². The molecule has 0 radical (unpaired) electrons. The van der Waals surface area contributed by atoms with Crippen molar-refractivity contribution in [3.63, 3.8) is 0 Å². The summed E-state index contributed by atoms with van der Waals surface area (Å²) < 4.78 is 0. The molecule has 1 amide bonds. The minimum atomic E-state index is -0.0171. The number of aryl methyl sites for hydroxylation is 1. The van der Waals surface area contributed by atoms with Gasteiger partial charge in [-0.05, 0) is 57.9 Å². The number of anilines is 2. The first-order valence-corrected chi connectivity index (χ1v) is 15.9. The zero-order chi connectivity index (χ0) is 30.6. The van der Waals surface area contributed by atoms with E-state index in [1.54, 1.807) is 0 Å². The molecule has 0 saturated carbocycles. The number of piperazine rings is 1. The number of likely N-dealkylation sites (N-methyl/N-ethyl adjacent to an activating group) is 1. The zero-order valence-corrected chi connectivity index (χ0v) is 26.1. The summed E-state index contributed by atoms with van der Waals surface area (Å²) >= 11 is 0. The molecule has 1 spiro atoms. The molecular formula is C33H42N10O. The number of aromatic nitrogens is 4. The van der Waals surface area contributed by atoms with Crippen LogP contribution in [0.5, 0.6) is 0 Å². The summed E-state index contributed by atoms with van der Waals surface area (Å²) in [4.78, 5) is 34.1. The quantitative estimate of drug-likeness (QED) is 0.446. The summed E-state index contributed by atoms with van der Waals surface area (Å²) in [5, 5.41) is 19.0. The number of nitrogens with one attached hydrogen (secondary N) is 1. The Morgan fingerprint density at radius 1 is 1.11 bits per heavy atom. The third kappa shape index (κ3) is 4.90. The van der Waals surface area contributed by atoms with Crippen LogP contribution in [0.4, 0.5) is 11.8 Å². The topological polar surface area (TPSA) is 112 Å². The molecule has 0 bridgehead atoms. The van der Waals surface area contributed by atoms with E-state index >= 15 is 0 Å². The number of rotatable bonds is 5. The van der Waals surface area contributed by atoms with Crippen molar-refractivity contribution in [3.8, 4) is 17.3 Å². The Bertz CT molecular complexity index is 1630. The lowest BCUT2D eigenvalue weighted by Gasteiger charge is -2.47. The largest absolute Gasteiger partial charge is 0.355 e. The normalized spacial score (nSPS) is 22.9. The molecule has 4 fully saturated rings. The van der Waals surface area contributed by atoms with Crippen molar-refractivity contribution < 1.29 is 4.79 Å². The second kappa shape index (κ2) is 11.2. The molecule has 230 valence electrons. The average molecular weight is 595 g/mol. The first-order chi connectivity index (χ1) is 21.3. The number of nitrogens with zero attached hydrogens (tertiary/aromatic N) is 9. The van der Waals surface area contributed by atoms with Crippen molar-refractivity contribution in [1.82, 2.24) is 34.9 Å². The molecule has 11 heteroatoms. The van der Waals surface area contributed by atoms with Crippen LogP contribution >= 0.6 is 0 Å². The van der Waals surface area contributed by atoms with Gasteiger partial charge in [-0.15, -0.1) is 0 Å². The van der Waals surface area contributed by atoms with E-state index in [1.807, 2.05) is 17.2 Å². The number of amides is 1. The first kappa shape index (κ1) is 28.7. The Labute approximate surface area is 259 Å². The molecule has 0 unspecified atom stereocenters. The van der Waals surface area contributed by atoms with Gasteiger partial charge in [0.05, 0.1) is 17.4 Å². The van der Waals surface area contributed by atoms with Crippen LogP contribution < -0.4 is 9.80 Å². The van der Waals surface area contributed by atoms with Gasteiger partial charge in [-0.25, -0.2) is 4.98 Å². The smallest absolute Gasteiger partial charge is 0.245 e. The van der Waals surface area contributed by atoms with E-state index < -0.39 is 0 Å². The number of hydrogen-bond donors (Lipinski definition) is 1. The molecule has 1 aromatic carbocycles. The standard InChI is InChI=1S/C33H42N10O/c1-5-28(44)43-20-33(21-43)10-13-42(19-33)31-25(16-34)30(29-22(2)6-7-27-26(29)17-35-38-27)36-32(37-31)40-11-8-24(9-12-40)41-15-14-39(4)23(3)18-41/h5-7,17,23-24H,1,8-15,18-21H2,2-4H3,(H,35,38)/t23-/m1/s1. The Balaban J connectivity index is 1.22. The van der Waals surface area contributed by atoms with E-state index in [-0.39, 0.29) is 11.3 Å². The third-order valence-corrected chi connectivity index (χ3v) is 10.6. The predicted octanol–water partition coefficient (Wildman–Crippen LogP) is 3.03. The molecule has 11 nitrogen and oxygen atoms in total. The van der Waals surface area contributed by atoms with Crippen molar-refractivity contribution >= 4 is 28.6 Å². The Hall–Kier alpha value is -4.01. The van der Waals surface area contributed by atoms with Crippen molar-refractivity contribution in [2.75, 3.05) is 75.8 Å². The highest BCUT2D eigenvalue weighted by Gasteiger charge is 2.49. The van der Waals surface area contributed by atoms with Gasteiger partial charge in [0.1, 0.15) is 11.6 Å². The fourth-order valence-corrected chi connectivity index (χ4v) is 7.79. The molecule has 7 rings (SSSR count). The minimum absolute atomic E-state index is 0.0171. The lowest BCUT2D eigenvalue weighted by atomic mass is 9.79. The first-order valence-electron chi connectivity index (χ1n) is 15.9. The molecule has 2 aromatic heterocycles. The lowest BCUT2D eigenvalue weighted by molar-refractivity contribution is -0.136. The van der Waals surface area contributed by atoms with Gasteiger partial charge in [-0.3, -0.25) is 14.8 Å². The summed E-state index contributed by atoms with van der Waals surface area (Å²) in [5.74, 6) is 1.38. The molecule has 0 aliphatic carbocycles. The Morgan fingerprint density at radius 3 is 2.64 bits per heavy atom. The van der Waals surface area contributed by atoms with E-state index in [9.17, 15) is 10.1 Å². The highest BCUT2D eigenvalue weighted by atomic mass is 16.2. The van der Waals surface area contributed by atoms with Gasteiger partial charge in [0.2, 0.25) is 11.9 Å². The number of fused-ring (bicyclic) bond motifs is 1. The summed E-state index contributed by atoms with van der Waals surface area (Å²) in [6, 6.07) is 7.74. The molecule has 6 heterocycles. The number of aromatic amines is 1. The van der Waals surface area contributed by atoms with E-state index in [0.717, 1.165) is 87.1 Å². The summed E-state index contributed by atoms with van der Waals surface area (Å²) in [6.07, 6.45) is 6.32. The number of likely N-dealkylation sites (tertiary alicyclic amines) is 1. The van der Waals surface area contributed by atoms with Crippen LogP contribution in [-0.4, -0.2) is 119 Å². The minimum Gasteiger partial charge on any atom is -0.355 e. The Morgan fingerprint density at radius 2 is 1.91 bits per heavy atom.